The maximum atomic E-state index is 12.9. The second kappa shape index (κ2) is 8.03. The summed E-state index contributed by atoms with van der Waals surface area (Å²) in [5, 5.41) is 4.40. The molecule has 31 heavy (non-hydrogen) atoms. The Morgan fingerprint density at radius 1 is 1.13 bits per heavy atom. The van der Waals surface area contributed by atoms with Crippen LogP contribution in [0.25, 0.3) is 11.0 Å². The quantitative estimate of drug-likeness (QED) is 0.481. The minimum absolute atomic E-state index is 0.177. The van der Waals surface area contributed by atoms with Crippen molar-refractivity contribution in [2.45, 2.75) is 20.0 Å². The highest BCUT2D eigenvalue weighted by molar-refractivity contribution is 7.15. The molecule has 4 aromatic rings. The first-order chi connectivity index (χ1) is 15.2. The molecular formula is C23H22N4O3S. The van der Waals surface area contributed by atoms with Crippen molar-refractivity contribution in [3.05, 3.63) is 74.8 Å². The molecule has 1 aliphatic heterocycles. The predicted octanol–water partition coefficient (Wildman–Crippen LogP) is 3.06. The lowest BCUT2D eigenvalue weighted by Crippen LogP contribution is -2.26. The molecule has 1 atom stereocenters. The fraction of sp³-hybridized carbons (Fsp3) is 0.261. The number of hydrogen-bond acceptors (Lipinski definition) is 7. The van der Waals surface area contributed by atoms with Crippen molar-refractivity contribution in [3.8, 4) is 11.5 Å². The van der Waals surface area contributed by atoms with Gasteiger partial charge >= 0.3 is 0 Å². The molecule has 1 unspecified atom stereocenters. The van der Waals surface area contributed by atoms with E-state index in [1.165, 1.54) is 21.5 Å². The van der Waals surface area contributed by atoms with Gasteiger partial charge in [-0.1, -0.05) is 35.6 Å². The van der Waals surface area contributed by atoms with E-state index < -0.39 is 6.10 Å². The number of nitrogens with zero attached hydrogens (tertiary/aromatic N) is 4. The van der Waals surface area contributed by atoms with Crippen molar-refractivity contribution >= 4 is 28.1 Å². The average Bonchev–Trinajstić information content (AvgIpc) is 3.35. The molecule has 0 spiro atoms. The molecule has 1 aliphatic rings. The van der Waals surface area contributed by atoms with Crippen LogP contribution in [-0.4, -0.2) is 34.3 Å². The minimum atomic E-state index is -0.443. The summed E-state index contributed by atoms with van der Waals surface area (Å²) in [6.45, 7) is 6.50. The molecule has 0 N–H and O–H groups in total. The first kappa shape index (κ1) is 19.6. The van der Waals surface area contributed by atoms with E-state index in [2.05, 4.69) is 41.0 Å². The summed E-state index contributed by atoms with van der Waals surface area (Å²) in [5.74, 6) is 1.81. The van der Waals surface area contributed by atoms with E-state index in [1.54, 1.807) is 0 Å². The summed E-state index contributed by atoms with van der Waals surface area (Å²) >= 11 is 1.32. The lowest BCUT2D eigenvalue weighted by molar-refractivity contribution is 0.0852. The summed E-state index contributed by atoms with van der Waals surface area (Å²) in [6, 6.07) is 15.7. The van der Waals surface area contributed by atoms with E-state index in [0.717, 1.165) is 18.7 Å². The van der Waals surface area contributed by atoms with Gasteiger partial charge in [-0.15, -0.1) is 5.10 Å². The molecule has 2 aromatic heterocycles. The van der Waals surface area contributed by atoms with Crippen LogP contribution < -0.4 is 24.5 Å². The lowest BCUT2D eigenvalue weighted by atomic mass is 10.2. The van der Waals surface area contributed by atoms with Crippen LogP contribution in [0.2, 0.25) is 0 Å². The number of benzene rings is 2. The van der Waals surface area contributed by atoms with E-state index >= 15 is 0 Å². The summed E-state index contributed by atoms with van der Waals surface area (Å²) in [6.07, 6.45) is 1.44. The molecule has 0 saturated heterocycles. The molecule has 0 radical (unpaired) electrons. The molecule has 5 rings (SSSR count). The molecule has 0 fully saturated rings. The molecule has 0 aliphatic carbocycles. The monoisotopic (exact) mass is 434 g/mol. The highest BCUT2D eigenvalue weighted by Crippen LogP contribution is 2.35. The molecule has 158 valence electrons. The predicted molar refractivity (Wildman–Crippen MR) is 121 cm³/mol. The van der Waals surface area contributed by atoms with Crippen molar-refractivity contribution in [3.63, 3.8) is 0 Å². The van der Waals surface area contributed by atoms with Crippen molar-refractivity contribution in [2.24, 2.45) is 0 Å². The van der Waals surface area contributed by atoms with Crippen LogP contribution in [0, 0.1) is 0 Å². The molecular weight excluding hydrogens is 412 g/mol. The van der Waals surface area contributed by atoms with Gasteiger partial charge in [0.05, 0.1) is 4.53 Å². The van der Waals surface area contributed by atoms with E-state index in [4.69, 9.17) is 9.47 Å². The summed E-state index contributed by atoms with van der Waals surface area (Å²) in [4.78, 5) is 20.2. The third kappa shape index (κ3) is 3.63. The van der Waals surface area contributed by atoms with E-state index in [-0.39, 0.29) is 5.56 Å². The molecule has 0 amide bonds. The average molecular weight is 435 g/mol. The van der Waals surface area contributed by atoms with Gasteiger partial charge in [-0.2, -0.15) is 9.50 Å². The van der Waals surface area contributed by atoms with E-state index in [1.807, 2.05) is 42.5 Å². The third-order valence-corrected chi connectivity index (χ3v) is 6.27. The van der Waals surface area contributed by atoms with Gasteiger partial charge in [-0.3, -0.25) is 4.79 Å². The first-order valence-corrected chi connectivity index (χ1v) is 11.1. The Kier molecular flexibility index (Phi) is 5.07. The topological polar surface area (TPSA) is 69.0 Å². The minimum Gasteiger partial charge on any atom is -0.485 e. The van der Waals surface area contributed by atoms with Crippen LogP contribution in [0.1, 0.15) is 31.3 Å². The van der Waals surface area contributed by atoms with Crippen molar-refractivity contribution in [1.29, 1.82) is 0 Å². The van der Waals surface area contributed by atoms with Crippen LogP contribution in [0.5, 0.6) is 11.5 Å². The summed E-state index contributed by atoms with van der Waals surface area (Å²) < 4.78 is 13.6. The standard InChI is InChI=1S/C23H22N4O3S/c1-3-26(4-2)16-11-9-15(10-12-16)13-20-22(28)27-23(31-20)24-21(25-27)19-14-29-17-7-5-6-8-18(17)30-19/h5-13,19H,3-4,14H2,1-2H3/b20-13-. The lowest BCUT2D eigenvalue weighted by Gasteiger charge is -2.24. The molecule has 2 aromatic carbocycles. The van der Waals surface area contributed by atoms with Gasteiger partial charge in [0.15, 0.2) is 23.4 Å². The number of aromatic nitrogens is 3. The zero-order valence-corrected chi connectivity index (χ0v) is 18.1. The van der Waals surface area contributed by atoms with Crippen LogP contribution in [0.15, 0.2) is 53.3 Å². The number of rotatable bonds is 5. The smallest absolute Gasteiger partial charge is 0.291 e. The SMILES string of the molecule is CCN(CC)c1ccc(/C=c2\sc3nc(C4COc5ccccc5O4)nn3c2=O)cc1. The Labute approximate surface area is 183 Å². The van der Waals surface area contributed by atoms with E-state index in [0.29, 0.717) is 33.4 Å². The Hall–Kier alpha value is -3.39. The van der Waals surface area contributed by atoms with Crippen LogP contribution in [0.4, 0.5) is 5.69 Å². The number of para-hydroxylation sites is 2. The Bertz CT molecular complexity index is 1330. The number of anilines is 1. The molecule has 7 nitrogen and oxygen atoms in total. The van der Waals surface area contributed by atoms with Crippen LogP contribution >= 0.6 is 11.3 Å². The number of thiazole rings is 1. The fourth-order valence-corrected chi connectivity index (χ4v) is 4.57. The van der Waals surface area contributed by atoms with Crippen LogP contribution in [-0.2, 0) is 0 Å². The largest absolute Gasteiger partial charge is 0.485 e. The van der Waals surface area contributed by atoms with Crippen molar-refractivity contribution in [2.75, 3.05) is 24.6 Å². The Morgan fingerprint density at radius 2 is 1.87 bits per heavy atom. The van der Waals surface area contributed by atoms with Gasteiger partial charge in [0.25, 0.3) is 5.56 Å². The highest BCUT2D eigenvalue weighted by Gasteiger charge is 2.27. The summed E-state index contributed by atoms with van der Waals surface area (Å²) in [5.41, 5.74) is 1.97. The summed E-state index contributed by atoms with van der Waals surface area (Å²) in [7, 11) is 0. The van der Waals surface area contributed by atoms with E-state index in [9.17, 15) is 4.79 Å². The third-order valence-electron chi connectivity index (χ3n) is 5.31. The first-order valence-electron chi connectivity index (χ1n) is 10.3. The van der Waals surface area contributed by atoms with Gasteiger partial charge < -0.3 is 14.4 Å². The Balaban J connectivity index is 1.42. The fourth-order valence-electron chi connectivity index (χ4n) is 3.65. The molecule has 3 heterocycles. The maximum absolute atomic E-state index is 12.9. The zero-order valence-electron chi connectivity index (χ0n) is 17.3. The van der Waals surface area contributed by atoms with Gasteiger partial charge in [-0.05, 0) is 49.8 Å². The second-order valence-electron chi connectivity index (χ2n) is 7.21. The molecule has 0 saturated carbocycles. The number of fused-ring (bicyclic) bond motifs is 2. The highest BCUT2D eigenvalue weighted by atomic mass is 32.1. The van der Waals surface area contributed by atoms with Crippen molar-refractivity contribution < 1.29 is 9.47 Å². The zero-order chi connectivity index (χ0) is 21.4. The molecule has 0 bridgehead atoms. The number of ether oxygens (including phenoxy) is 2. The van der Waals surface area contributed by atoms with Gasteiger partial charge in [-0.25, -0.2) is 0 Å². The Morgan fingerprint density at radius 3 is 2.58 bits per heavy atom. The van der Waals surface area contributed by atoms with Gasteiger partial charge in [0, 0.05) is 18.8 Å². The number of hydrogen-bond donors (Lipinski definition) is 0. The maximum Gasteiger partial charge on any atom is 0.291 e. The van der Waals surface area contributed by atoms with Crippen molar-refractivity contribution in [1.82, 2.24) is 14.6 Å². The van der Waals surface area contributed by atoms with Gasteiger partial charge in [0.1, 0.15) is 6.61 Å². The molecule has 8 heteroatoms. The second-order valence-corrected chi connectivity index (χ2v) is 8.22. The normalized spacial score (nSPS) is 16.1. The van der Waals surface area contributed by atoms with Gasteiger partial charge in [0.2, 0.25) is 4.96 Å². The van der Waals surface area contributed by atoms with Crippen LogP contribution in [0.3, 0.4) is 0 Å².